The van der Waals surface area contributed by atoms with Crippen LogP contribution in [-0.2, 0) is 4.79 Å². The first-order chi connectivity index (χ1) is 14.3. The van der Waals surface area contributed by atoms with Crippen LogP contribution in [0.25, 0.3) is 5.00 Å². The Morgan fingerprint density at radius 2 is 1.80 bits per heavy atom. The smallest absolute Gasteiger partial charge is 0.163 e. The van der Waals surface area contributed by atoms with E-state index in [4.69, 9.17) is 4.99 Å². The van der Waals surface area contributed by atoms with Crippen LogP contribution in [0.15, 0.2) is 41.7 Å². The SMILES string of the molecule is CC.Cc1sc2c(c1C)C(c1ccccc1)=N[C@@H](CC(=O)C(C)(C)C)c1nncn1-2. The molecule has 1 aliphatic rings. The van der Waals surface area contributed by atoms with Crippen molar-refractivity contribution in [3.63, 3.8) is 0 Å². The van der Waals surface area contributed by atoms with E-state index in [0.29, 0.717) is 6.42 Å². The number of Topliss-reactive ketones (excluding diaryl/α,β-unsaturated/α-hetero) is 1. The predicted molar refractivity (Wildman–Crippen MR) is 124 cm³/mol. The highest BCUT2D eigenvalue weighted by Gasteiger charge is 2.33. The van der Waals surface area contributed by atoms with Gasteiger partial charge in [0, 0.05) is 27.8 Å². The molecule has 0 amide bonds. The molecule has 1 aromatic carbocycles. The molecule has 158 valence electrons. The highest BCUT2D eigenvalue weighted by Crippen LogP contribution is 2.39. The molecule has 2 aromatic heterocycles. The molecule has 0 saturated carbocycles. The van der Waals surface area contributed by atoms with Crippen molar-refractivity contribution in [2.24, 2.45) is 10.4 Å². The number of fused-ring (bicyclic) bond motifs is 3. The monoisotopic (exact) mass is 422 g/mol. The third-order valence-corrected chi connectivity index (χ3v) is 6.45. The number of hydrogen-bond donors (Lipinski definition) is 0. The molecule has 30 heavy (non-hydrogen) atoms. The second-order valence-corrected chi connectivity index (χ2v) is 9.46. The summed E-state index contributed by atoms with van der Waals surface area (Å²) < 4.78 is 2.01. The van der Waals surface area contributed by atoms with E-state index in [1.165, 1.54) is 10.4 Å². The average molecular weight is 423 g/mol. The van der Waals surface area contributed by atoms with Gasteiger partial charge in [-0.25, -0.2) is 0 Å². The second kappa shape index (κ2) is 8.64. The van der Waals surface area contributed by atoms with Crippen LogP contribution in [0.1, 0.15) is 74.5 Å². The zero-order chi connectivity index (χ0) is 22.1. The molecule has 0 aliphatic carbocycles. The Balaban J connectivity index is 0.00000124. The van der Waals surface area contributed by atoms with E-state index in [2.05, 4.69) is 36.2 Å². The lowest BCUT2D eigenvalue weighted by Crippen LogP contribution is -2.23. The number of carbonyl (C=O) groups excluding carboxylic acids is 1. The highest BCUT2D eigenvalue weighted by atomic mass is 32.1. The van der Waals surface area contributed by atoms with Crippen molar-refractivity contribution in [3.8, 4) is 5.00 Å². The Hall–Kier alpha value is -2.60. The topological polar surface area (TPSA) is 60.1 Å². The number of aryl methyl sites for hydroxylation is 1. The summed E-state index contributed by atoms with van der Waals surface area (Å²) in [5, 5.41) is 9.57. The molecule has 3 aromatic rings. The maximum absolute atomic E-state index is 12.8. The maximum atomic E-state index is 12.8. The van der Waals surface area contributed by atoms with Crippen LogP contribution in [0.4, 0.5) is 0 Å². The fourth-order valence-corrected chi connectivity index (χ4v) is 4.53. The van der Waals surface area contributed by atoms with Crippen molar-refractivity contribution in [1.29, 1.82) is 0 Å². The van der Waals surface area contributed by atoms with Gasteiger partial charge in [0.15, 0.2) is 5.82 Å². The van der Waals surface area contributed by atoms with Crippen molar-refractivity contribution in [2.45, 2.75) is 60.9 Å². The Morgan fingerprint density at radius 1 is 1.13 bits per heavy atom. The fraction of sp³-hybridized carbons (Fsp3) is 0.417. The van der Waals surface area contributed by atoms with Gasteiger partial charge in [-0.1, -0.05) is 65.0 Å². The molecule has 1 atom stereocenters. The Morgan fingerprint density at radius 3 is 2.43 bits per heavy atom. The molecule has 4 rings (SSSR count). The number of rotatable bonds is 3. The highest BCUT2D eigenvalue weighted by molar-refractivity contribution is 7.15. The van der Waals surface area contributed by atoms with Gasteiger partial charge in [0.05, 0.1) is 5.71 Å². The molecular formula is C24H30N4OS. The largest absolute Gasteiger partial charge is 0.299 e. The van der Waals surface area contributed by atoms with E-state index in [-0.39, 0.29) is 11.8 Å². The minimum Gasteiger partial charge on any atom is -0.299 e. The number of carbonyl (C=O) groups is 1. The molecule has 0 N–H and O–H groups in total. The summed E-state index contributed by atoms with van der Waals surface area (Å²) in [6.45, 7) is 14.1. The molecule has 1 aliphatic heterocycles. The van der Waals surface area contributed by atoms with Crippen LogP contribution >= 0.6 is 11.3 Å². The molecule has 0 bridgehead atoms. The van der Waals surface area contributed by atoms with Gasteiger partial charge < -0.3 is 0 Å². The van der Waals surface area contributed by atoms with E-state index >= 15 is 0 Å². The molecule has 0 fully saturated rings. The summed E-state index contributed by atoms with van der Waals surface area (Å²) in [4.78, 5) is 19.2. The summed E-state index contributed by atoms with van der Waals surface area (Å²) in [7, 11) is 0. The number of nitrogens with zero attached hydrogens (tertiary/aromatic N) is 4. The molecule has 0 saturated heterocycles. The molecule has 0 unspecified atom stereocenters. The summed E-state index contributed by atoms with van der Waals surface area (Å²) in [6, 6.07) is 9.83. The van der Waals surface area contributed by atoms with Gasteiger partial charge in [0.1, 0.15) is 23.2 Å². The fourth-order valence-electron chi connectivity index (χ4n) is 3.40. The van der Waals surface area contributed by atoms with Crippen molar-refractivity contribution in [3.05, 3.63) is 64.1 Å². The number of aromatic nitrogens is 3. The van der Waals surface area contributed by atoms with Crippen molar-refractivity contribution < 1.29 is 4.79 Å². The van der Waals surface area contributed by atoms with Crippen LogP contribution < -0.4 is 0 Å². The molecular weight excluding hydrogens is 392 g/mol. The van der Waals surface area contributed by atoms with Gasteiger partial charge >= 0.3 is 0 Å². The first kappa shape index (κ1) is 22.1. The second-order valence-electron chi connectivity index (χ2n) is 8.26. The Labute approximate surface area is 182 Å². The molecule has 3 heterocycles. The minimum absolute atomic E-state index is 0.168. The summed E-state index contributed by atoms with van der Waals surface area (Å²) in [5.74, 6) is 0.896. The van der Waals surface area contributed by atoms with Gasteiger partial charge in [-0.05, 0) is 19.4 Å². The number of thiophene rings is 1. The number of hydrogen-bond acceptors (Lipinski definition) is 5. The molecule has 0 spiro atoms. The Bertz CT molecular complexity index is 1070. The third-order valence-electron chi connectivity index (χ3n) is 5.24. The lowest BCUT2D eigenvalue weighted by molar-refractivity contribution is -0.126. The first-order valence-corrected chi connectivity index (χ1v) is 11.3. The summed E-state index contributed by atoms with van der Waals surface area (Å²) >= 11 is 1.72. The van der Waals surface area contributed by atoms with E-state index in [1.807, 2.05) is 57.4 Å². The van der Waals surface area contributed by atoms with Crippen LogP contribution in [0, 0.1) is 19.3 Å². The van der Waals surface area contributed by atoms with Gasteiger partial charge in [-0.2, -0.15) is 0 Å². The number of aliphatic imine (C=N–C) groups is 1. The first-order valence-electron chi connectivity index (χ1n) is 10.4. The summed E-state index contributed by atoms with van der Waals surface area (Å²) in [6.07, 6.45) is 2.05. The maximum Gasteiger partial charge on any atom is 0.163 e. The van der Waals surface area contributed by atoms with Gasteiger partial charge in [0.2, 0.25) is 0 Å². The van der Waals surface area contributed by atoms with Crippen LogP contribution in [0.2, 0.25) is 0 Å². The predicted octanol–water partition coefficient (Wildman–Crippen LogP) is 5.87. The minimum atomic E-state index is -0.420. The number of ketones is 1. The van der Waals surface area contributed by atoms with Gasteiger partial charge in [-0.15, -0.1) is 21.5 Å². The normalized spacial score (nSPS) is 15.3. The zero-order valence-corrected chi connectivity index (χ0v) is 19.7. The van der Waals surface area contributed by atoms with Crippen LogP contribution in [0.3, 0.4) is 0 Å². The van der Waals surface area contributed by atoms with Crippen molar-refractivity contribution in [1.82, 2.24) is 14.8 Å². The molecule has 6 heteroatoms. The van der Waals surface area contributed by atoms with Crippen LogP contribution in [0.5, 0.6) is 0 Å². The average Bonchev–Trinajstić information content (AvgIpc) is 3.29. The van der Waals surface area contributed by atoms with E-state index in [1.54, 1.807) is 17.7 Å². The standard InChI is InChI=1S/C22H24N4OS.C2H6/c1-13-14(2)28-21-18(13)19(15-9-7-6-8-10-15)24-16(11-17(27)22(3,4)5)20-25-23-12-26(20)21;1-2/h6-10,12,16H,11H2,1-5H3;1-2H3/t16-;/m0./s1. The van der Waals surface area contributed by atoms with Crippen molar-refractivity contribution >= 4 is 22.8 Å². The molecule has 0 radical (unpaired) electrons. The van der Waals surface area contributed by atoms with E-state index in [0.717, 1.165) is 27.7 Å². The third kappa shape index (κ3) is 4.01. The quantitative estimate of drug-likeness (QED) is 0.530. The van der Waals surface area contributed by atoms with Crippen LogP contribution in [-0.4, -0.2) is 26.3 Å². The van der Waals surface area contributed by atoms with Gasteiger partial charge in [-0.3, -0.25) is 14.4 Å². The lowest BCUT2D eigenvalue weighted by atomic mass is 9.87. The van der Waals surface area contributed by atoms with E-state index < -0.39 is 5.41 Å². The Kier molecular flexibility index (Phi) is 6.36. The zero-order valence-electron chi connectivity index (χ0n) is 18.9. The molecule has 5 nitrogen and oxygen atoms in total. The van der Waals surface area contributed by atoms with Crippen molar-refractivity contribution in [2.75, 3.05) is 0 Å². The number of benzene rings is 1. The van der Waals surface area contributed by atoms with E-state index in [9.17, 15) is 4.79 Å². The lowest BCUT2D eigenvalue weighted by Gasteiger charge is -2.19. The summed E-state index contributed by atoms with van der Waals surface area (Å²) in [5.41, 5.74) is 3.88. The van der Waals surface area contributed by atoms with Gasteiger partial charge in [0.25, 0.3) is 0 Å².